The Kier molecular flexibility index (Phi) is 3.82. The molecule has 1 spiro atoms. The van der Waals surface area contributed by atoms with E-state index in [1.165, 1.54) is 18.6 Å². The molecule has 2 bridgehead atoms. The van der Waals surface area contributed by atoms with Crippen LogP contribution in [0.15, 0.2) is 42.7 Å². The van der Waals surface area contributed by atoms with Crippen molar-refractivity contribution in [2.45, 2.75) is 56.3 Å². The van der Waals surface area contributed by atoms with Crippen LogP contribution in [0.4, 0.5) is 4.39 Å². The summed E-state index contributed by atoms with van der Waals surface area (Å²) in [5.74, 6) is 1.10. The highest BCUT2D eigenvalue weighted by molar-refractivity contribution is 5.94. The number of benzene rings is 1. The third-order valence-electron chi connectivity index (χ3n) is 9.54. The minimum atomic E-state index is -0.253. The van der Waals surface area contributed by atoms with Gasteiger partial charge in [0.2, 0.25) is 5.91 Å². The number of pyridine rings is 1. The van der Waals surface area contributed by atoms with Gasteiger partial charge in [-0.3, -0.25) is 14.6 Å². The van der Waals surface area contributed by atoms with E-state index in [4.69, 9.17) is 0 Å². The maximum Gasteiger partial charge on any atom is 0.253 e. The average Bonchev–Trinajstić information content (AvgIpc) is 3.42. The highest BCUT2D eigenvalue weighted by Gasteiger charge is 2.84. The molecule has 1 aromatic carbocycles. The van der Waals surface area contributed by atoms with Crippen LogP contribution in [0.25, 0.3) is 0 Å². The van der Waals surface area contributed by atoms with Crippen molar-refractivity contribution in [3.05, 3.63) is 65.2 Å². The van der Waals surface area contributed by atoms with E-state index in [2.05, 4.69) is 15.6 Å². The van der Waals surface area contributed by atoms with Crippen molar-refractivity contribution >= 4 is 11.8 Å². The molecule has 5 atom stereocenters. The molecule has 4 saturated carbocycles. The molecule has 7 rings (SSSR count). The largest absolute Gasteiger partial charge is 0.346 e. The second kappa shape index (κ2) is 6.41. The second-order valence-electron chi connectivity index (χ2n) is 11.0. The molecule has 2 heterocycles. The second-order valence-corrected chi connectivity index (χ2v) is 11.0. The zero-order valence-electron chi connectivity index (χ0n) is 18.4. The topological polar surface area (TPSA) is 74.3 Å². The van der Waals surface area contributed by atoms with Gasteiger partial charge in [-0.15, -0.1) is 0 Å². The number of carbonyl (C=O) groups is 2. The normalized spacial score (nSPS) is 36.6. The fourth-order valence-electron chi connectivity index (χ4n) is 8.38. The molecular formula is C26H27FN4O2. The van der Waals surface area contributed by atoms with Gasteiger partial charge in [0.05, 0.1) is 12.1 Å². The smallest absolute Gasteiger partial charge is 0.253 e. The van der Waals surface area contributed by atoms with Crippen molar-refractivity contribution in [1.29, 1.82) is 0 Å². The predicted molar refractivity (Wildman–Crippen MR) is 118 cm³/mol. The third kappa shape index (κ3) is 2.54. The summed E-state index contributed by atoms with van der Waals surface area (Å²) in [5, 5.41) is 7.09. The number of nitrogens with one attached hydrogen (secondary N) is 2. The highest BCUT2D eigenvalue weighted by Crippen LogP contribution is 2.83. The van der Waals surface area contributed by atoms with Gasteiger partial charge in [-0.05, 0) is 84.7 Å². The molecular weight excluding hydrogens is 419 g/mol. The summed E-state index contributed by atoms with van der Waals surface area (Å²) in [7, 11) is 0. The molecule has 170 valence electrons. The van der Waals surface area contributed by atoms with Crippen LogP contribution in [-0.2, 0) is 17.9 Å². The van der Waals surface area contributed by atoms with Gasteiger partial charge >= 0.3 is 0 Å². The fourth-order valence-corrected chi connectivity index (χ4v) is 8.38. The Morgan fingerprint density at radius 1 is 1.12 bits per heavy atom. The van der Waals surface area contributed by atoms with Gasteiger partial charge in [-0.1, -0.05) is 6.07 Å². The molecule has 0 saturated heterocycles. The molecule has 5 aliphatic rings. The predicted octanol–water partition coefficient (Wildman–Crippen LogP) is 2.78. The Hall–Kier alpha value is -2.80. The van der Waals surface area contributed by atoms with Crippen LogP contribution < -0.4 is 10.6 Å². The van der Waals surface area contributed by atoms with Crippen molar-refractivity contribution in [3.63, 3.8) is 0 Å². The van der Waals surface area contributed by atoms with Gasteiger partial charge in [0.25, 0.3) is 5.91 Å². The maximum atomic E-state index is 13.6. The first-order valence-corrected chi connectivity index (χ1v) is 11.9. The Labute approximate surface area is 192 Å². The van der Waals surface area contributed by atoms with Gasteiger partial charge < -0.3 is 15.5 Å². The number of halogens is 1. The Bertz CT molecular complexity index is 1190. The van der Waals surface area contributed by atoms with Crippen molar-refractivity contribution in [2.24, 2.45) is 17.3 Å². The molecule has 2 N–H and O–H groups in total. The minimum absolute atomic E-state index is 0.0491. The number of nitrogens with zero attached hydrogens (tertiary/aromatic N) is 2. The van der Waals surface area contributed by atoms with Crippen molar-refractivity contribution in [2.75, 3.05) is 6.54 Å². The summed E-state index contributed by atoms with van der Waals surface area (Å²) in [4.78, 5) is 31.9. The fraction of sp³-hybridized carbons (Fsp3) is 0.500. The molecule has 5 unspecified atom stereocenters. The van der Waals surface area contributed by atoms with E-state index in [1.807, 2.05) is 4.90 Å². The lowest BCUT2D eigenvalue weighted by Crippen LogP contribution is -2.77. The Morgan fingerprint density at radius 2 is 1.97 bits per heavy atom. The number of hydrogen-bond acceptors (Lipinski definition) is 4. The van der Waals surface area contributed by atoms with E-state index < -0.39 is 0 Å². The molecule has 2 amide bonds. The Balaban J connectivity index is 1.06. The lowest BCUT2D eigenvalue weighted by atomic mass is 9.35. The first kappa shape index (κ1) is 19.6. The van der Waals surface area contributed by atoms with Gasteiger partial charge in [-0.25, -0.2) is 4.39 Å². The van der Waals surface area contributed by atoms with Crippen molar-refractivity contribution in [3.8, 4) is 0 Å². The van der Waals surface area contributed by atoms with E-state index in [0.717, 1.165) is 36.8 Å². The lowest BCUT2D eigenvalue weighted by Gasteiger charge is -2.73. The van der Waals surface area contributed by atoms with Crippen molar-refractivity contribution in [1.82, 2.24) is 20.5 Å². The summed E-state index contributed by atoms with van der Waals surface area (Å²) in [6.07, 6.45) is 8.57. The quantitative estimate of drug-likeness (QED) is 0.741. The third-order valence-corrected chi connectivity index (χ3v) is 9.54. The van der Waals surface area contributed by atoms with Gasteiger partial charge in [-0.2, -0.15) is 0 Å². The van der Waals surface area contributed by atoms with E-state index in [0.29, 0.717) is 37.0 Å². The summed E-state index contributed by atoms with van der Waals surface area (Å²) >= 11 is 0. The summed E-state index contributed by atoms with van der Waals surface area (Å²) < 4.78 is 13.6. The molecule has 4 fully saturated rings. The molecule has 1 aromatic heterocycles. The number of amides is 2. The van der Waals surface area contributed by atoms with Gasteiger partial charge in [0.15, 0.2) is 0 Å². The maximum absolute atomic E-state index is 13.6. The first-order chi connectivity index (χ1) is 15.9. The summed E-state index contributed by atoms with van der Waals surface area (Å²) in [6.45, 7) is 1.32. The molecule has 33 heavy (non-hydrogen) atoms. The standard InChI is InChI=1S/C26H27FN4O2/c27-21-4-3-17-12-31(13-18(17)6-21)22(32)11-29-25-9-20-7-19-8-24(14-25,15-26(19,20)25)30-23(33)16-2-1-5-28-10-16/h1-6,10,19-20,29H,7-9,11-15H2,(H,30,33). The van der Waals surface area contributed by atoms with Crippen LogP contribution in [0.3, 0.4) is 0 Å². The molecule has 2 aromatic rings. The summed E-state index contributed by atoms with van der Waals surface area (Å²) in [5.41, 5.74) is 2.50. The van der Waals surface area contributed by atoms with Crippen molar-refractivity contribution < 1.29 is 14.0 Å². The number of rotatable bonds is 5. The van der Waals surface area contributed by atoms with Crippen LogP contribution in [0.2, 0.25) is 0 Å². The zero-order valence-corrected chi connectivity index (χ0v) is 18.4. The monoisotopic (exact) mass is 446 g/mol. The van der Waals surface area contributed by atoms with E-state index in [1.54, 1.807) is 30.6 Å². The van der Waals surface area contributed by atoms with E-state index in [9.17, 15) is 14.0 Å². The van der Waals surface area contributed by atoms with Gasteiger partial charge in [0, 0.05) is 36.6 Å². The Morgan fingerprint density at radius 3 is 2.79 bits per heavy atom. The van der Waals surface area contributed by atoms with Crippen LogP contribution in [-0.4, -0.2) is 39.3 Å². The van der Waals surface area contributed by atoms with E-state index in [-0.39, 0.29) is 34.1 Å². The average molecular weight is 447 g/mol. The number of fused-ring (bicyclic) bond motifs is 2. The van der Waals surface area contributed by atoms with Crippen LogP contribution in [0.1, 0.15) is 53.6 Å². The van der Waals surface area contributed by atoms with Crippen LogP contribution in [0, 0.1) is 23.1 Å². The SMILES string of the molecule is O=C(NC12CC3CC4CC(NCC(=O)N5Cc6ccc(F)cc6C5)(C1)C34C2)c1cccnc1. The van der Waals surface area contributed by atoms with Crippen LogP contribution >= 0.6 is 0 Å². The highest BCUT2D eigenvalue weighted by atomic mass is 19.1. The van der Waals surface area contributed by atoms with Crippen LogP contribution in [0.5, 0.6) is 0 Å². The van der Waals surface area contributed by atoms with E-state index >= 15 is 0 Å². The first-order valence-electron chi connectivity index (χ1n) is 11.9. The number of hydrogen-bond donors (Lipinski definition) is 2. The molecule has 4 aliphatic carbocycles. The molecule has 6 nitrogen and oxygen atoms in total. The molecule has 0 radical (unpaired) electrons. The van der Waals surface area contributed by atoms with Gasteiger partial charge in [0.1, 0.15) is 5.82 Å². The minimum Gasteiger partial charge on any atom is -0.346 e. The molecule has 7 heteroatoms. The summed E-state index contributed by atoms with van der Waals surface area (Å²) in [6, 6.07) is 8.37. The number of carbonyl (C=O) groups excluding carboxylic acids is 2. The molecule has 1 aliphatic heterocycles. The zero-order chi connectivity index (χ0) is 22.4. The number of aromatic nitrogens is 1. The lowest BCUT2D eigenvalue weighted by molar-refractivity contribution is -0.207.